The van der Waals surface area contributed by atoms with Gasteiger partial charge in [-0.15, -0.1) is 0 Å². The van der Waals surface area contributed by atoms with Crippen molar-refractivity contribution in [2.45, 2.75) is 57.9 Å². The zero-order chi connectivity index (χ0) is 13.5. The van der Waals surface area contributed by atoms with Crippen LogP contribution in [-0.4, -0.2) is 6.61 Å². The van der Waals surface area contributed by atoms with E-state index in [9.17, 15) is 0 Å². The van der Waals surface area contributed by atoms with Crippen LogP contribution < -0.4 is 10.5 Å². The van der Waals surface area contributed by atoms with Gasteiger partial charge in [-0.05, 0) is 43.1 Å². The monoisotopic (exact) mass is 259 g/mol. The van der Waals surface area contributed by atoms with Gasteiger partial charge in [0, 0.05) is 11.1 Å². The molecule has 1 aromatic carbocycles. The van der Waals surface area contributed by atoms with Crippen molar-refractivity contribution in [2.24, 2.45) is 11.1 Å². The van der Waals surface area contributed by atoms with Crippen LogP contribution in [0.5, 0.6) is 5.75 Å². The van der Waals surface area contributed by atoms with E-state index >= 15 is 0 Å². The van der Waals surface area contributed by atoms with E-state index in [0.29, 0.717) is 5.41 Å². The Morgan fingerprint density at radius 2 is 2.00 bits per heavy atom. The normalized spacial score (nSPS) is 29.4. The molecule has 3 rings (SSSR count). The van der Waals surface area contributed by atoms with Gasteiger partial charge in [-0.2, -0.15) is 0 Å². The zero-order valence-corrected chi connectivity index (χ0v) is 12.2. The first-order chi connectivity index (χ1) is 9.00. The Balaban J connectivity index is 2.01. The number of hydrogen-bond acceptors (Lipinski definition) is 2. The lowest BCUT2D eigenvalue weighted by Gasteiger charge is -2.44. The molecule has 1 fully saturated rings. The van der Waals surface area contributed by atoms with E-state index in [-0.39, 0.29) is 5.54 Å². The Kier molecular flexibility index (Phi) is 3.09. The molecule has 0 saturated heterocycles. The fourth-order valence-corrected chi connectivity index (χ4v) is 3.92. The van der Waals surface area contributed by atoms with Crippen LogP contribution in [0, 0.1) is 5.41 Å². The summed E-state index contributed by atoms with van der Waals surface area (Å²) in [4.78, 5) is 0. The van der Waals surface area contributed by atoms with E-state index < -0.39 is 0 Å². The molecule has 1 saturated carbocycles. The van der Waals surface area contributed by atoms with Crippen molar-refractivity contribution in [1.82, 2.24) is 0 Å². The maximum Gasteiger partial charge on any atom is 0.127 e. The predicted octanol–water partition coefficient (Wildman–Crippen LogP) is 3.77. The van der Waals surface area contributed by atoms with Gasteiger partial charge in [0.15, 0.2) is 0 Å². The van der Waals surface area contributed by atoms with Crippen LogP contribution in [0.4, 0.5) is 0 Å². The van der Waals surface area contributed by atoms with Gasteiger partial charge in [0.1, 0.15) is 5.75 Å². The standard InChI is InChI=1S/C17H25NO/c1-16(2)9-5-10-17(18,12-16)14-8-3-6-13-7-4-11-19-15(13)14/h3,6,8H,4-5,7,9-12,18H2,1-2H3. The molecule has 1 aliphatic heterocycles. The fraction of sp³-hybridized carbons (Fsp3) is 0.647. The summed E-state index contributed by atoms with van der Waals surface area (Å²) in [5.41, 5.74) is 9.53. The average Bonchev–Trinajstić information content (AvgIpc) is 2.36. The highest BCUT2D eigenvalue weighted by Crippen LogP contribution is 2.48. The Bertz CT molecular complexity index is 480. The molecule has 0 amide bonds. The number of ether oxygens (including phenoxy) is 1. The Hall–Kier alpha value is -1.02. The Morgan fingerprint density at radius 1 is 1.16 bits per heavy atom. The zero-order valence-electron chi connectivity index (χ0n) is 12.2. The molecule has 0 spiro atoms. The number of benzene rings is 1. The molecular weight excluding hydrogens is 234 g/mol. The third kappa shape index (κ3) is 2.38. The maximum atomic E-state index is 6.80. The molecule has 1 aromatic rings. The van der Waals surface area contributed by atoms with E-state index in [0.717, 1.165) is 38.0 Å². The first kappa shape index (κ1) is 13.0. The van der Waals surface area contributed by atoms with Gasteiger partial charge in [-0.3, -0.25) is 0 Å². The molecule has 2 nitrogen and oxygen atoms in total. The highest BCUT2D eigenvalue weighted by molar-refractivity contribution is 5.46. The molecule has 1 heterocycles. The van der Waals surface area contributed by atoms with Crippen LogP contribution >= 0.6 is 0 Å². The van der Waals surface area contributed by atoms with E-state index in [1.807, 2.05) is 0 Å². The highest BCUT2D eigenvalue weighted by atomic mass is 16.5. The van der Waals surface area contributed by atoms with E-state index in [4.69, 9.17) is 10.5 Å². The van der Waals surface area contributed by atoms with Crippen LogP contribution in [0.15, 0.2) is 18.2 Å². The summed E-state index contributed by atoms with van der Waals surface area (Å²) in [6.07, 6.45) is 6.88. The quantitative estimate of drug-likeness (QED) is 0.833. The summed E-state index contributed by atoms with van der Waals surface area (Å²) in [6.45, 7) is 5.51. The lowest BCUT2D eigenvalue weighted by Crippen LogP contribution is -2.44. The number of fused-ring (bicyclic) bond motifs is 1. The van der Waals surface area contributed by atoms with Gasteiger partial charge in [-0.25, -0.2) is 0 Å². The lowest BCUT2D eigenvalue weighted by molar-refractivity contribution is 0.146. The largest absolute Gasteiger partial charge is 0.493 e. The fourth-order valence-electron chi connectivity index (χ4n) is 3.92. The van der Waals surface area contributed by atoms with Crippen LogP contribution in [0.25, 0.3) is 0 Å². The molecule has 1 atom stereocenters. The second kappa shape index (κ2) is 4.52. The van der Waals surface area contributed by atoms with Crippen molar-refractivity contribution in [3.8, 4) is 5.75 Å². The SMILES string of the molecule is CC1(C)CCCC(N)(c2cccc3c2OCCC3)C1. The molecular formula is C17H25NO. The first-order valence-electron chi connectivity index (χ1n) is 7.54. The number of para-hydroxylation sites is 1. The Morgan fingerprint density at radius 3 is 2.79 bits per heavy atom. The summed E-state index contributed by atoms with van der Waals surface area (Å²) < 4.78 is 5.96. The minimum Gasteiger partial charge on any atom is -0.493 e. The van der Waals surface area contributed by atoms with Gasteiger partial charge in [0.05, 0.1) is 6.61 Å². The summed E-state index contributed by atoms with van der Waals surface area (Å²) in [6, 6.07) is 6.53. The predicted molar refractivity (Wildman–Crippen MR) is 78.4 cm³/mol. The highest BCUT2D eigenvalue weighted by Gasteiger charge is 2.40. The third-order valence-electron chi connectivity index (χ3n) is 4.74. The van der Waals surface area contributed by atoms with Crippen molar-refractivity contribution in [3.05, 3.63) is 29.3 Å². The van der Waals surface area contributed by atoms with Crippen LogP contribution in [0.1, 0.15) is 57.1 Å². The molecule has 2 N–H and O–H groups in total. The summed E-state index contributed by atoms with van der Waals surface area (Å²) in [7, 11) is 0. The average molecular weight is 259 g/mol. The van der Waals surface area contributed by atoms with Crippen molar-refractivity contribution >= 4 is 0 Å². The van der Waals surface area contributed by atoms with Crippen LogP contribution in [-0.2, 0) is 12.0 Å². The van der Waals surface area contributed by atoms with Crippen molar-refractivity contribution < 1.29 is 4.74 Å². The smallest absolute Gasteiger partial charge is 0.127 e. The summed E-state index contributed by atoms with van der Waals surface area (Å²) >= 11 is 0. The van der Waals surface area contributed by atoms with E-state index in [1.54, 1.807) is 0 Å². The van der Waals surface area contributed by atoms with Gasteiger partial charge >= 0.3 is 0 Å². The maximum absolute atomic E-state index is 6.80. The molecule has 1 aliphatic carbocycles. The molecule has 0 bridgehead atoms. The topological polar surface area (TPSA) is 35.2 Å². The lowest BCUT2D eigenvalue weighted by atomic mass is 9.65. The van der Waals surface area contributed by atoms with E-state index in [1.165, 1.54) is 24.0 Å². The number of nitrogens with two attached hydrogens (primary N) is 1. The molecule has 1 unspecified atom stereocenters. The van der Waals surface area contributed by atoms with Crippen LogP contribution in [0.2, 0.25) is 0 Å². The molecule has 2 heteroatoms. The Labute approximate surface area is 116 Å². The third-order valence-corrected chi connectivity index (χ3v) is 4.74. The number of hydrogen-bond donors (Lipinski definition) is 1. The minimum atomic E-state index is -0.204. The van der Waals surface area contributed by atoms with Gasteiger partial charge < -0.3 is 10.5 Å². The number of rotatable bonds is 1. The molecule has 0 aromatic heterocycles. The van der Waals surface area contributed by atoms with Gasteiger partial charge in [0.2, 0.25) is 0 Å². The van der Waals surface area contributed by atoms with Crippen molar-refractivity contribution in [1.29, 1.82) is 0 Å². The van der Waals surface area contributed by atoms with E-state index in [2.05, 4.69) is 32.0 Å². The second-order valence-electron chi connectivity index (χ2n) is 7.10. The minimum absolute atomic E-state index is 0.204. The van der Waals surface area contributed by atoms with Gasteiger partial charge in [0.25, 0.3) is 0 Å². The first-order valence-corrected chi connectivity index (χ1v) is 7.54. The molecule has 0 radical (unpaired) electrons. The van der Waals surface area contributed by atoms with Crippen molar-refractivity contribution in [3.63, 3.8) is 0 Å². The van der Waals surface area contributed by atoms with Crippen LogP contribution in [0.3, 0.4) is 0 Å². The van der Waals surface area contributed by atoms with Gasteiger partial charge in [-0.1, -0.05) is 38.5 Å². The number of aryl methyl sites for hydroxylation is 1. The summed E-state index contributed by atoms with van der Waals surface area (Å²) in [5.74, 6) is 1.09. The molecule has 104 valence electrons. The van der Waals surface area contributed by atoms with Crippen molar-refractivity contribution in [2.75, 3.05) is 6.61 Å². The molecule has 19 heavy (non-hydrogen) atoms. The second-order valence-corrected chi connectivity index (χ2v) is 7.10. The summed E-state index contributed by atoms with van der Waals surface area (Å²) in [5, 5.41) is 0. The molecule has 2 aliphatic rings.